The highest BCUT2D eigenvalue weighted by atomic mass is 32.2. The zero-order chi connectivity index (χ0) is 10.4. The summed E-state index contributed by atoms with van der Waals surface area (Å²) in [5, 5.41) is 2.89. The molecule has 0 radical (unpaired) electrons. The van der Waals surface area contributed by atoms with E-state index in [1.54, 1.807) is 0 Å². The van der Waals surface area contributed by atoms with Gasteiger partial charge in [0.1, 0.15) is 0 Å². The lowest BCUT2D eigenvalue weighted by molar-refractivity contribution is -0.123. The fourth-order valence-corrected chi connectivity index (χ4v) is 1.78. The lowest BCUT2D eigenvalue weighted by atomic mass is 10.2. The Morgan fingerprint density at radius 3 is 2.71 bits per heavy atom. The van der Waals surface area contributed by atoms with Crippen LogP contribution < -0.4 is 11.1 Å². The van der Waals surface area contributed by atoms with Crippen LogP contribution in [0.25, 0.3) is 0 Å². The van der Waals surface area contributed by atoms with Crippen LogP contribution in [0.4, 0.5) is 0 Å². The summed E-state index contributed by atoms with van der Waals surface area (Å²) >= 11 is 1.87. The molecule has 14 heavy (non-hydrogen) atoms. The highest BCUT2D eigenvalue weighted by molar-refractivity contribution is 7.98. The molecule has 0 aromatic carbocycles. The molecule has 0 atom stereocenters. The second-order valence-corrected chi connectivity index (χ2v) is 4.95. The number of unbranched alkanes of at least 4 members (excludes halogenated alkanes) is 2. The molecule has 1 fully saturated rings. The monoisotopic (exact) mass is 216 g/mol. The maximum absolute atomic E-state index is 11.4. The van der Waals surface area contributed by atoms with E-state index in [0.29, 0.717) is 0 Å². The fraction of sp³-hybridized carbons (Fsp3) is 0.900. The van der Waals surface area contributed by atoms with Crippen LogP contribution in [0.5, 0.6) is 0 Å². The van der Waals surface area contributed by atoms with E-state index in [1.807, 2.05) is 11.8 Å². The molecule has 1 saturated carbocycles. The Bertz CT molecular complexity index is 193. The first-order valence-electron chi connectivity index (χ1n) is 5.25. The number of carbonyl (C=O) groups excluding carboxylic acids is 1. The van der Waals surface area contributed by atoms with Crippen molar-refractivity contribution in [3.63, 3.8) is 0 Å². The quantitative estimate of drug-likeness (QED) is 0.627. The van der Waals surface area contributed by atoms with Crippen LogP contribution in [0.15, 0.2) is 0 Å². The van der Waals surface area contributed by atoms with Crippen molar-refractivity contribution in [2.45, 2.75) is 37.6 Å². The molecule has 0 unspecified atom stereocenters. The van der Waals surface area contributed by atoms with Crippen molar-refractivity contribution in [2.75, 3.05) is 18.6 Å². The first kappa shape index (κ1) is 11.9. The van der Waals surface area contributed by atoms with Gasteiger partial charge < -0.3 is 11.1 Å². The van der Waals surface area contributed by atoms with Crippen LogP contribution in [0, 0.1) is 0 Å². The van der Waals surface area contributed by atoms with Gasteiger partial charge in [-0.05, 0) is 37.7 Å². The molecule has 1 aliphatic carbocycles. The molecule has 0 spiro atoms. The van der Waals surface area contributed by atoms with Crippen LogP contribution in [-0.4, -0.2) is 30.0 Å². The number of thioether (sulfide) groups is 1. The zero-order valence-corrected chi connectivity index (χ0v) is 9.66. The average Bonchev–Trinajstić information content (AvgIpc) is 2.91. The lowest BCUT2D eigenvalue weighted by Gasteiger charge is -2.09. The molecular weight excluding hydrogens is 196 g/mol. The van der Waals surface area contributed by atoms with Gasteiger partial charge in [-0.25, -0.2) is 0 Å². The van der Waals surface area contributed by atoms with Crippen LogP contribution in [0.3, 0.4) is 0 Å². The van der Waals surface area contributed by atoms with Crippen molar-refractivity contribution < 1.29 is 4.79 Å². The molecule has 0 bridgehead atoms. The van der Waals surface area contributed by atoms with E-state index in [0.717, 1.165) is 25.8 Å². The Morgan fingerprint density at radius 2 is 2.14 bits per heavy atom. The Labute approximate surface area is 90.2 Å². The first-order chi connectivity index (χ1) is 6.69. The van der Waals surface area contributed by atoms with Gasteiger partial charge in [0.15, 0.2) is 0 Å². The summed E-state index contributed by atoms with van der Waals surface area (Å²) in [7, 11) is 0. The number of hydrogen-bond acceptors (Lipinski definition) is 3. The molecular formula is C10H20N2OS. The van der Waals surface area contributed by atoms with Crippen molar-refractivity contribution in [3.8, 4) is 0 Å². The van der Waals surface area contributed by atoms with Crippen molar-refractivity contribution in [1.29, 1.82) is 0 Å². The number of carbonyl (C=O) groups is 1. The molecule has 0 heterocycles. The zero-order valence-electron chi connectivity index (χ0n) is 8.84. The standard InChI is InChI=1S/C10H20N2OS/c1-14-8-4-2-3-7-12-9(13)10(11)5-6-10/h2-8,11H2,1H3,(H,12,13). The van der Waals surface area contributed by atoms with Gasteiger partial charge in [-0.3, -0.25) is 4.79 Å². The third-order valence-corrected chi connectivity index (χ3v) is 3.25. The topological polar surface area (TPSA) is 55.1 Å². The van der Waals surface area contributed by atoms with Crippen molar-refractivity contribution >= 4 is 17.7 Å². The number of hydrogen-bond donors (Lipinski definition) is 2. The Morgan fingerprint density at radius 1 is 1.43 bits per heavy atom. The molecule has 1 aliphatic rings. The highest BCUT2D eigenvalue weighted by Gasteiger charge is 2.45. The normalized spacial score (nSPS) is 17.9. The van der Waals surface area contributed by atoms with E-state index in [-0.39, 0.29) is 5.91 Å². The molecule has 1 amide bonds. The van der Waals surface area contributed by atoms with Gasteiger partial charge >= 0.3 is 0 Å². The average molecular weight is 216 g/mol. The third kappa shape index (κ3) is 3.88. The summed E-state index contributed by atoms with van der Waals surface area (Å²) in [5.74, 6) is 1.26. The van der Waals surface area contributed by atoms with Gasteiger partial charge in [0, 0.05) is 6.54 Å². The van der Waals surface area contributed by atoms with Gasteiger partial charge in [-0.15, -0.1) is 0 Å². The third-order valence-electron chi connectivity index (χ3n) is 2.55. The predicted octanol–water partition coefficient (Wildman–Crippen LogP) is 1.13. The van der Waals surface area contributed by atoms with E-state index in [2.05, 4.69) is 11.6 Å². The molecule has 0 aromatic rings. The Hall–Kier alpha value is -0.220. The van der Waals surface area contributed by atoms with Crippen LogP contribution in [0.2, 0.25) is 0 Å². The SMILES string of the molecule is CSCCCCCNC(=O)C1(N)CC1. The molecule has 0 saturated heterocycles. The molecule has 3 nitrogen and oxygen atoms in total. The smallest absolute Gasteiger partial charge is 0.240 e. The van der Waals surface area contributed by atoms with E-state index >= 15 is 0 Å². The minimum atomic E-state index is -0.501. The summed E-state index contributed by atoms with van der Waals surface area (Å²) in [6, 6.07) is 0. The van der Waals surface area contributed by atoms with Crippen LogP contribution in [-0.2, 0) is 4.79 Å². The maximum atomic E-state index is 11.4. The number of amides is 1. The second kappa shape index (κ2) is 5.61. The second-order valence-electron chi connectivity index (χ2n) is 3.97. The van der Waals surface area contributed by atoms with Crippen molar-refractivity contribution in [1.82, 2.24) is 5.32 Å². The molecule has 0 aromatic heterocycles. The maximum Gasteiger partial charge on any atom is 0.240 e. The fourth-order valence-electron chi connectivity index (χ4n) is 1.29. The highest BCUT2D eigenvalue weighted by Crippen LogP contribution is 2.31. The summed E-state index contributed by atoms with van der Waals surface area (Å²) in [4.78, 5) is 11.4. The van der Waals surface area contributed by atoms with Gasteiger partial charge in [-0.1, -0.05) is 6.42 Å². The molecule has 3 N–H and O–H groups in total. The van der Waals surface area contributed by atoms with Gasteiger partial charge in [0.2, 0.25) is 5.91 Å². The van der Waals surface area contributed by atoms with Crippen LogP contribution >= 0.6 is 11.8 Å². The van der Waals surface area contributed by atoms with E-state index in [4.69, 9.17) is 5.73 Å². The van der Waals surface area contributed by atoms with Gasteiger partial charge in [0.25, 0.3) is 0 Å². The Balaban J connectivity index is 1.91. The van der Waals surface area contributed by atoms with Crippen molar-refractivity contribution in [2.24, 2.45) is 5.73 Å². The first-order valence-corrected chi connectivity index (χ1v) is 6.64. The Kier molecular flexibility index (Phi) is 4.75. The molecule has 1 rings (SSSR count). The number of nitrogens with one attached hydrogen (secondary N) is 1. The van der Waals surface area contributed by atoms with E-state index < -0.39 is 5.54 Å². The summed E-state index contributed by atoms with van der Waals surface area (Å²) in [5.41, 5.74) is 5.24. The summed E-state index contributed by atoms with van der Waals surface area (Å²) in [6.07, 6.45) is 7.33. The molecule has 82 valence electrons. The molecule has 0 aliphatic heterocycles. The number of rotatable bonds is 7. The minimum absolute atomic E-state index is 0.0439. The summed E-state index contributed by atoms with van der Waals surface area (Å²) in [6.45, 7) is 0.784. The van der Waals surface area contributed by atoms with Crippen LogP contribution in [0.1, 0.15) is 32.1 Å². The number of nitrogens with two attached hydrogens (primary N) is 1. The van der Waals surface area contributed by atoms with Crippen molar-refractivity contribution in [3.05, 3.63) is 0 Å². The lowest BCUT2D eigenvalue weighted by Crippen LogP contribution is -2.42. The predicted molar refractivity (Wildman–Crippen MR) is 61.4 cm³/mol. The van der Waals surface area contributed by atoms with Gasteiger partial charge in [-0.2, -0.15) is 11.8 Å². The minimum Gasteiger partial charge on any atom is -0.355 e. The van der Waals surface area contributed by atoms with E-state index in [9.17, 15) is 4.79 Å². The van der Waals surface area contributed by atoms with Gasteiger partial charge in [0.05, 0.1) is 5.54 Å². The van der Waals surface area contributed by atoms with E-state index in [1.165, 1.54) is 18.6 Å². The molecule has 4 heteroatoms. The largest absolute Gasteiger partial charge is 0.355 e. The summed E-state index contributed by atoms with van der Waals surface area (Å²) < 4.78 is 0.